The molecule has 0 rings (SSSR count). The van der Waals surface area contributed by atoms with Crippen molar-refractivity contribution in [1.82, 2.24) is 5.32 Å². The minimum absolute atomic E-state index is 0.0169. The summed E-state index contributed by atoms with van der Waals surface area (Å²) in [6.07, 6.45) is 68.8. The minimum atomic E-state index is -0.862. The monoisotopic (exact) mass is 928 g/mol. The summed E-state index contributed by atoms with van der Waals surface area (Å²) in [5.74, 6) is -0.114. The predicted molar refractivity (Wildman–Crippen MR) is 287 cm³/mol. The lowest BCUT2D eigenvalue weighted by Gasteiger charge is -2.19. The molecular formula is C60H113NO5. The number of hydrogen-bond acceptors (Lipinski definition) is 5. The highest BCUT2D eigenvalue weighted by Crippen LogP contribution is 2.16. The van der Waals surface area contributed by atoms with Crippen LogP contribution in [-0.2, 0) is 14.3 Å². The molecule has 2 unspecified atom stereocenters. The third-order valence-electron chi connectivity index (χ3n) is 13.4. The maximum Gasteiger partial charge on any atom is 0.305 e. The molecule has 0 heterocycles. The number of amides is 1. The normalized spacial score (nSPS) is 12.8. The molecule has 0 aliphatic rings. The molecular weight excluding hydrogens is 815 g/mol. The van der Waals surface area contributed by atoms with E-state index in [1.807, 2.05) is 6.08 Å². The number of hydrogen-bond donors (Lipinski definition) is 3. The molecule has 0 spiro atoms. The van der Waals surface area contributed by atoms with Gasteiger partial charge < -0.3 is 20.3 Å². The van der Waals surface area contributed by atoms with Crippen molar-refractivity contribution in [2.24, 2.45) is 0 Å². The Hall–Kier alpha value is -1.92. The summed E-state index contributed by atoms with van der Waals surface area (Å²) in [5.41, 5.74) is 0. The quantitative estimate of drug-likeness (QED) is 0.0321. The second-order valence-corrected chi connectivity index (χ2v) is 20.0. The molecule has 0 aliphatic heterocycles. The van der Waals surface area contributed by atoms with Crippen LogP contribution in [-0.4, -0.2) is 47.4 Å². The van der Waals surface area contributed by atoms with Gasteiger partial charge >= 0.3 is 5.97 Å². The smallest absolute Gasteiger partial charge is 0.305 e. The Labute approximate surface area is 411 Å². The average Bonchev–Trinajstić information content (AvgIpc) is 3.32. The van der Waals surface area contributed by atoms with Crippen LogP contribution in [0.15, 0.2) is 36.5 Å². The first kappa shape index (κ1) is 64.1. The van der Waals surface area contributed by atoms with Crippen LogP contribution in [0.3, 0.4) is 0 Å². The summed E-state index contributed by atoms with van der Waals surface area (Å²) in [7, 11) is 0. The van der Waals surface area contributed by atoms with Crippen LogP contribution in [0.1, 0.15) is 309 Å². The van der Waals surface area contributed by atoms with Crippen molar-refractivity contribution in [2.45, 2.75) is 321 Å². The zero-order valence-electron chi connectivity index (χ0n) is 44.2. The van der Waals surface area contributed by atoms with Gasteiger partial charge in [-0.2, -0.15) is 0 Å². The number of aliphatic hydroxyl groups is 2. The van der Waals surface area contributed by atoms with E-state index in [2.05, 4.69) is 43.5 Å². The predicted octanol–water partition coefficient (Wildman–Crippen LogP) is 18.0. The number of carbonyl (C=O) groups excluding carboxylic acids is 2. The summed E-state index contributed by atoms with van der Waals surface area (Å²) < 4.78 is 5.47. The second kappa shape index (κ2) is 55.7. The lowest BCUT2D eigenvalue weighted by atomic mass is 10.0. The number of esters is 1. The van der Waals surface area contributed by atoms with Gasteiger partial charge in [0.15, 0.2) is 0 Å². The number of carbonyl (C=O) groups is 2. The van der Waals surface area contributed by atoms with E-state index in [1.165, 1.54) is 212 Å². The van der Waals surface area contributed by atoms with E-state index in [1.54, 1.807) is 6.08 Å². The molecule has 0 saturated heterocycles. The van der Waals surface area contributed by atoms with Crippen LogP contribution >= 0.6 is 0 Å². The molecule has 3 N–H and O–H groups in total. The fourth-order valence-electron chi connectivity index (χ4n) is 8.86. The van der Waals surface area contributed by atoms with E-state index in [0.29, 0.717) is 19.4 Å². The molecule has 6 nitrogen and oxygen atoms in total. The standard InChI is InChI=1S/C60H113NO5/c1-3-5-7-9-11-13-15-17-19-21-23-25-28-32-36-40-44-48-52-58(63)57(56-62)61-59(64)53-49-45-41-37-33-29-27-31-35-39-43-47-51-55-66-60(65)54-50-46-42-38-34-30-26-24-22-20-18-16-14-12-10-8-6-4-2/h20,22,29,33,48,52,57-58,62-63H,3-19,21,23-28,30-32,34-47,49-51,53-56H2,1-2H3,(H,61,64)/b22-20-,33-29-,52-48+. The summed E-state index contributed by atoms with van der Waals surface area (Å²) in [6.45, 7) is 4.87. The van der Waals surface area contributed by atoms with E-state index in [4.69, 9.17) is 4.74 Å². The van der Waals surface area contributed by atoms with Crippen molar-refractivity contribution >= 4 is 11.9 Å². The van der Waals surface area contributed by atoms with E-state index >= 15 is 0 Å². The summed E-state index contributed by atoms with van der Waals surface area (Å²) in [6, 6.07) is -0.649. The topological polar surface area (TPSA) is 95.9 Å². The highest BCUT2D eigenvalue weighted by molar-refractivity contribution is 5.76. The SMILES string of the molecule is CCCCCCCCC/C=C\CCCCCCCCCC(=O)OCCCCCCCC/C=C\CCCCCC(=O)NC(CO)C(O)/C=C/CCCCCCCCCCCCCCCCCC. The molecule has 0 saturated carbocycles. The highest BCUT2D eigenvalue weighted by atomic mass is 16.5. The molecule has 0 bridgehead atoms. The largest absolute Gasteiger partial charge is 0.466 e. The third-order valence-corrected chi connectivity index (χ3v) is 13.4. The maximum atomic E-state index is 12.5. The molecule has 0 fully saturated rings. The zero-order valence-corrected chi connectivity index (χ0v) is 44.2. The molecule has 0 radical (unpaired) electrons. The van der Waals surface area contributed by atoms with E-state index in [-0.39, 0.29) is 18.5 Å². The first-order valence-electron chi connectivity index (χ1n) is 29.3. The van der Waals surface area contributed by atoms with Crippen molar-refractivity contribution < 1.29 is 24.5 Å². The van der Waals surface area contributed by atoms with E-state index in [9.17, 15) is 19.8 Å². The van der Waals surface area contributed by atoms with Crippen LogP contribution in [0.4, 0.5) is 0 Å². The molecule has 1 amide bonds. The fraction of sp³-hybridized carbons (Fsp3) is 0.867. The number of nitrogens with one attached hydrogen (secondary N) is 1. The van der Waals surface area contributed by atoms with Gasteiger partial charge in [-0.05, 0) is 83.5 Å². The van der Waals surface area contributed by atoms with Gasteiger partial charge in [-0.1, -0.05) is 249 Å². The summed E-state index contributed by atoms with van der Waals surface area (Å²) >= 11 is 0. The Morgan fingerprint density at radius 2 is 0.712 bits per heavy atom. The Bertz CT molecular complexity index is 1070. The second-order valence-electron chi connectivity index (χ2n) is 20.0. The molecule has 0 aromatic rings. The number of rotatable bonds is 54. The lowest BCUT2D eigenvalue weighted by molar-refractivity contribution is -0.143. The van der Waals surface area contributed by atoms with Gasteiger partial charge in [0.25, 0.3) is 0 Å². The van der Waals surface area contributed by atoms with E-state index in [0.717, 1.165) is 70.6 Å². The Balaban J connectivity index is 3.52. The summed E-state index contributed by atoms with van der Waals surface area (Å²) in [4.78, 5) is 24.5. The number of aliphatic hydroxyl groups excluding tert-OH is 2. The molecule has 388 valence electrons. The Morgan fingerprint density at radius 3 is 1.09 bits per heavy atom. The van der Waals surface area contributed by atoms with Gasteiger partial charge in [0, 0.05) is 12.8 Å². The fourth-order valence-corrected chi connectivity index (χ4v) is 8.86. The van der Waals surface area contributed by atoms with Crippen LogP contribution in [0.2, 0.25) is 0 Å². The maximum absolute atomic E-state index is 12.5. The minimum Gasteiger partial charge on any atom is -0.466 e. The summed E-state index contributed by atoms with van der Waals surface area (Å²) in [5, 5.41) is 23.1. The number of allylic oxidation sites excluding steroid dienone is 5. The molecule has 0 aromatic heterocycles. The van der Waals surface area contributed by atoms with Gasteiger partial charge in [0.05, 0.1) is 25.4 Å². The highest BCUT2D eigenvalue weighted by Gasteiger charge is 2.18. The Kier molecular flexibility index (Phi) is 54.1. The molecule has 0 aliphatic carbocycles. The van der Waals surface area contributed by atoms with Gasteiger partial charge in [0.1, 0.15) is 0 Å². The zero-order chi connectivity index (χ0) is 47.9. The van der Waals surface area contributed by atoms with E-state index < -0.39 is 12.1 Å². The van der Waals surface area contributed by atoms with Crippen molar-refractivity contribution in [1.29, 1.82) is 0 Å². The van der Waals surface area contributed by atoms with Gasteiger partial charge in [-0.3, -0.25) is 9.59 Å². The van der Waals surface area contributed by atoms with Crippen LogP contribution in [0.25, 0.3) is 0 Å². The van der Waals surface area contributed by atoms with Gasteiger partial charge in [-0.25, -0.2) is 0 Å². The first-order chi connectivity index (χ1) is 32.5. The van der Waals surface area contributed by atoms with Crippen LogP contribution in [0.5, 0.6) is 0 Å². The average molecular weight is 929 g/mol. The van der Waals surface area contributed by atoms with Crippen LogP contribution in [0, 0.1) is 0 Å². The van der Waals surface area contributed by atoms with Crippen molar-refractivity contribution in [3.63, 3.8) is 0 Å². The van der Waals surface area contributed by atoms with Crippen molar-refractivity contribution in [3.8, 4) is 0 Å². The van der Waals surface area contributed by atoms with Crippen LogP contribution < -0.4 is 5.32 Å². The molecule has 66 heavy (non-hydrogen) atoms. The van der Waals surface area contributed by atoms with Gasteiger partial charge in [0.2, 0.25) is 5.91 Å². The number of unbranched alkanes of at least 4 members (excludes halogenated alkanes) is 39. The van der Waals surface area contributed by atoms with Crippen molar-refractivity contribution in [2.75, 3.05) is 13.2 Å². The van der Waals surface area contributed by atoms with Gasteiger partial charge in [-0.15, -0.1) is 0 Å². The van der Waals surface area contributed by atoms with Crippen molar-refractivity contribution in [3.05, 3.63) is 36.5 Å². The third kappa shape index (κ3) is 51.5. The first-order valence-corrected chi connectivity index (χ1v) is 29.3. The molecule has 2 atom stereocenters. The molecule has 6 heteroatoms. The number of ether oxygens (including phenoxy) is 1. The Morgan fingerprint density at radius 1 is 0.409 bits per heavy atom. The molecule has 0 aromatic carbocycles. The lowest BCUT2D eigenvalue weighted by Crippen LogP contribution is -2.45.